The summed E-state index contributed by atoms with van der Waals surface area (Å²) in [5, 5.41) is 8.32. The van der Waals surface area contributed by atoms with Crippen molar-refractivity contribution >= 4 is 5.97 Å². The minimum absolute atomic E-state index is 0.0251. The zero-order valence-electron chi connectivity index (χ0n) is 27.8. The van der Waals surface area contributed by atoms with E-state index in [1.165, 1.54) is 73.6 Å². The Morgan fingerprint density at radius 1 is 1.02 bits per heavy atom. The van der Waals surface area contributed by atoms with Crippen LogP contribution in [0.15, 0.2) is 28.0 Å². The Morgan fingerprint density at radius 3 is 2.33 bits per heavy atom. The third kappa shape index (κ3) is 12.1. The van der Waals surface area contributed by atoms with Crippen molar-refractivity contribution in [3.63, 3.8) is 0 Å². The fourth-order valence-electron chi connectivity index (χ4n) is 5.75. The van der Waals surface area contributed by atoms with Crippen LogP contribution >= 0.6 is 0 Å². The quantitative estimate of drug-likeness (QED) is 0.150. The summed E-state index contributed by atoms with van der Waals surface area (Å²) in [5.41, 5.74) is -0.550. The Balaban J connectivity index is 1.57. The summed E-state index contributed by atoms with van der Waals surface area (Å²) in [4.78, 5) is 41.2. The van der Waals surface area contributed by atoms with Gasteiger partial charge in [0, 0.05) is 25.9 Å². The number of aromatic amines is 1. The van der Waals surface area contributed by atoms with E-state index < -0.39 is 35.8 Å². The van der Waals surface area contributed by atoms with Crippen LogP contribution in [0.5, 0.6) is 0 Å². The number of carbonyl (C=O) groups excluding carboxylic acids is 1. The molecule has 0 aromatic carbocycles. The van der Waals surface area contributed by atoms with Gasteiger partial charge < -0.3 is 23.8 Å². The number of unbranched alkanes of at least 4 members (excludes halogenated alkanes) is 8. The molecule has 1 N–H and O–H groups in total. The molecule has 1 saturated heterocycles. The average molecular weight is 635 g/mol. The fourth-order valence-corrected chi connectivity index (χ4v) is 5.75. The summed E-state index contributed by atoms with van der Waals surface area (Å²) >= 11 is 0. The van der Waals surface area contributed by atoms with Gasteiger partial charge in [-0.15, -0.1) is 5.10 Å². The zero-order valence-corrected chi connectivity index (χ0v) is 27.8. The van der Waals surface area contributed by atoms with Gasteiger partial charge in [-0.05, 0) is 39.8 Å². The fraction of sp³-hybridized carbons (Fsp3) is 0.781. The van der Waals surface area contributed by atoms with E-state index in [9.17, 15) is 14.4 Å². The largest absolute Gasteiger partial charge is 0.461 e. The molecule has 1 aliphatic rings. The highest BCUT2D eigenvalue weighted by Gasteiger charge is 2.47. The number of likely N-dealkylation sites (N-methyl/N-ethyl adjacent to an activating group) is 1. The molecular weight excluding hydrogens is 580 g/mol. The molecule has 13 heteroatoms. The van der Waals surface area contributed by atoms with Crippen LogP contribution in [0.3, 0.4) is 0 Å². The van der Waals surface area contributed by atoms with Gasteiger partial charge >= 0.3 is 11.7 Å². The Morgan fingerprint density at radius 2 is 1.69 bits per heavy atom. The lowest BCUT2D eigenvalue weighted by molar-refractivity contribution is -0.150. The standard InChI is InChI=1S/C32H54N6O7/c1-6-8-10-12-13-15-17-25(16-14-11-9-7-2)44-28(40)22-37-20-24(34-35-37)23-43-29-26(21-36(3)4)45-31(30(29)42-5)38-19-18-27(39)33-32(38)41/h18-20,25-26,29-31H,6-17,21-23H2,1-5H3,(H,33,39,41)/t25?,26-,29-,30-,31-/m1/s1. The van der Waals surface area contributed by atoms with E-state index in [4.69, 9.17) is 18.9 Å². The van der Waals surface area contributed by atoms with Gasteiger partial charge in [-0.1, -0.05) is 70.4 Å². The minimum Gasteiger partial charge on any atom is -0.461 e. The monoisotopic (exact) mass is 634 g/mol. The van der Waals surface area contributed by atoms with E-state index in [0.29, 0.717) is 12.2 Å². The molecule has 2 aromatic rings. The summed E-state index contributed by atoms with van der Waals surface area (Å²) in [6.45, 7) is 4.99. The maximum atomic E-state index is 12.9. The number of carbonyl (C=O) groups is 1. The summed E-state index contributed by atoms with van der Waals surface area (Å²) < 4.78 is 26.9. The number of H-pyrrole nitrogens is 1. The SMILES string of the molecule is CCCCCCCCC(CCCCCC)OC(=O)Cn1cc(CO[C@H]2[C@@H](OC)[C@H](n3ccc(=O)[nH]c3=O)O[C@@H]2CN(C)C)nn1. The van der Waals surface area contributed by atoms with E-state index in [1.807, 2.05) is 19.0 Å². The molecule has 1 aliphatic heterocycles. The normalized spacial score (nSPS) is 20.6. The van der Waals surface area contributed by atoms with Crippen molar-refractivity contribution in [2.75, 3.05) is 27.7 Å². The number of esters is 1. The van der Waals surface area contributed by atoms with Gasteiger partial charge in [0.15, 0.2) is 6.23 Å². The smallest absolute Gasteiger partial charge is 0.330 e. The van der Waals surface area contributed by atoms with E-state index in [1.54, 1.807) is 6.20 Å². The second-order valence-electron chi connectivity index (χ2n) is 12.2. The maximum Gasteiger partial charge on any atom is 0.330 e. The van der Waals surface area contributed by atoms with Crippen molar-refractivity contribution in [1.29, 1.82) is 0 Å². The summed E-state index contributed by atoms with van der Waals surface area (Å²) in [6.07, 6.45) is 14.2. The van der Waals surface area contributed by atoms with E-state index in [2.05, 4.69) is 29.1 Å². The van der Waals surface area contributed by atoms with Crippen molar-refractivity contribution in [3.05, 3.63) is 45.0 Å². The predicted molar refractivity (Wildman–Crippen MR) is 170 cm³/mol. The second kappa shape index (κ2) is 19.6. The molecular formula is C32H54N6O7. The minimum atomic E-state index is -0.800. The molecule has 0 aliphatic carbocycles. The molecule has 3 rings (SSSR count). The van der Waals surface area contributed by atoms with E-state index >= 15 is 0 Å². The molecule has 3 heterocycles. The van der Waals surface area contributed by atoms with Crippen LogP contribution in [0, 0.1) is 0 Å². The van der Waals surface area contributed by atoms with Crippen LogP contribution in [0.25, 0.3) is 0 Å². The van der Waals surface area contributed by atoms with Gasteiger partial charge in [0.1, 0.15) is 36.7 Å². The zero-order chi connectivity index (χ0) is 32.6. The number of hydrogen-bond donors (Lipinski definition) is 1. The van der Waals surface area contributed by atoms with Crippen molar-refractivity contribution in [3.8, 4) is 0 Å². The third-order valence-electron chi connectivity index (χ3n) is 8.09. The van der Waals surface area contributed by atoms with Gasteiger partial charge in [-0.3, -0.25) is 19.1 Å². The number of nitrogens with one attached hydrogen (secondary N) is 1. The maximum absolute atomic E-state index is 12.9. The Hall–Kier alpha value is -2.87. The molecule has 1 fully saturated rings. The molecule has 1 unspecified atom stereocenters. The van der Waals surface area contributed by atoms with Crippen LogP contribution in [-0.4, -0.2) is 87.6 Å². The topological polar surface area (TPSA) is 143 Å². The molecule has 0 radical (unpaired) electrons. The summed E-state index contributed by atoms with van der Waals surface area (Å²) in [6, 6.07) is 1.26. The van der Waals surface area contributed by atoms with Crippen LogP contribution in [0.1, 0.15) is 103 Å². The van der Waals surface area contributed by atoms with E-state index in [0.717, 1.165) is 32.1 Å². The Labute approximate surface area is 266 Å². The molecule has 0 saturated carbocycles. The first-order chi connectivity index (χ1) is 21.7. The highest BCUT2D eigenvalue weighted by atomic mass is 16.6. The van der Waals surface area contributed by atoms with E-state index in [-0.39, 0.29) is 25.2 Å². The van der Waals surface area contributed by atoms with Gasteiger partial charge in [-0.25, -0.2) is 9.48 Å². The highest BCUT2D eigenvalue weighted by Crippen LogP contribution is 2.33. The van der Waals surface area contributed by atoms with Crippen LogP contribution in [0.4, 0.5) is 0 Å². The van der Waals surface area contributed by atoms with Crippen LogP contribution < -0.4 is 11.2 Å². The lowest BCUT2D eigenvalue weighted by atomic mass is 10.0. The average Bonchev–Trinajstić information content (AvgIpc) is 3.58. The van der Waals surface area contributed by atoms with Gasteiger partial charge in [0.2, 0.25) is 0 Å². The number of rotatable bonds is 22. The van der Waals surface area contributed by atoms with Gasteiger partial charge in [-0.2, -0.15) is 0 Å². The molecule has 0 spiro atoms. The Kier molecular flexibility index (Phi) is 15.9. The molecule has 13 nitrogen and oxygen atoms in total. The van der Waals surface area contributed by atoms with Crippen molar-refractivity contribution in [2.45, 2.75) is 135 Å². The number of nitrogens with zero attached hydrogens (tertiary/aromatic N) is 5. The summed E-state index contributed by atoms with van der Waals surface area (Å²) in [5.74, 6) is -0.317. The summed E-state index contributed by atoms with van der Waals surface area (Å²) in [7, 11) is 5.35. The second-order valence-corrected chi connectivity index (χ2v) is 12.2. The Bertz CT molecular complexity index is 1240. The number of hydrogen-bond acceptors (Lipinski definition) is 10. The molecule has 0 amide bonds. The molecule has 5 atom stereocenters. The number of methoxy groups -OCH3 is 1. The van der Waals surface area contributed by atoms with Crippen LogP contribution in [-0.2, 0) is 36.9 Å². The van der Waals surface area contributed by atoms with Crippen LogP contribution in [0.2, 0.25) is 0 Å². The highest BCUT2D eigenvalue weighted by molar-refractivity contribution is 5.69. The van der Waals surface area contributed by atoms with Crippen molar-refractivity contribution in [1.82, 2.24) is 29.4 Å². The third-order valence-corrected chi connectivity index (χ3v) is 8.09. The molecule has 45 heavy (non-hydrogen) atoms. The molecule has 2 aromatic heterocycles. The number of aromatic nitrogens is 5. The molecule has 0 bridgehead atoms. The van der Waals surface area contributed by atoms with Gasteiger partial charge in [0.25, 0.3) is 5.56 Å². The molecule has 254 valence electrons. The lowest BCUT2D eigenvalue weighted by Crippen LogP contribution is -2.41. The van der Waals surface area contributed by atoms with Crippen molar-refractivity contribution in [2.24, 2.45) is 0 Å². The van der Waals surface area contributed by atoms with Gasteiger partial charge in [0.05, 0.1) is 12.8 Å². The first-order valence-corrected chi connectivity index (χ1v) is 16.6. The van der Waals surface area contributed by atoms with Crippen molar-refractivity contribution < 1.29 is 23.7 Å². The first kappa shape index (κ1) is 36.6. The number of ether oxygens (including phenoxy) is 4. The first-order valence-electron chi connectivity index (χ1n) is 16.6. The predicted octanol–water partition coefficient (Wildman–Crippen LogP) is 3.82. The lowest BCUT2D eigenvalue weighted by Gasteiger charge is -2.24.